The Kier molecular flexibility index (Phi) is 4.11. The van der Waals surface area contributed by atoms with E-state index in [1.807, 2.05) is 0 Å². The summed E-state index contributed by atoms with van der Waals surface area (Å²) in [6.45, 7) is 1.11. The summed E-state index contributed by atoms with van der Waals surface area (Å²) in [5.74, 6) is -0.551. The van der Waals surface area contributed by atoms with Crippen molar-refractivity contribution in [2.45, 2.75) is 19.5 Å². The highest BCUT2D eigenvalue weighted by atomic mass is 127. The number of carbonyl (C=O) groups excluding carboxylic acids is 1. The van der Waals surface area contributed by atoms with Gasteiger partial charge in [-0.3, -0.25) is 4.79 Å². The van der Waals surface area contributed by atoms with Crippen LogP contribution in [-0.4, -0.2) is 5.78 Å². The SMILES string of the molecule is CC(=O)c1cc(C(F)F)c(C(F)(F)F)cc1I. The summed E-state index contributed by atoms with van der Waals surface area (Å²) in [7, 11) is 0. The Morgan fingerprint density at radius 1 is 1.29 bits per heavy atom. The van der Waals surface area contributed by atoms with Crippen molar-refractivity contribution in [1.29, 1.82) is 0 Å². The molecular formula is C10H6F5IO. The topological polar surface area (TPSA) is 17.1 Å². The molecule has 1 aromatic carbocycles. The Bertz CT molecular complexity index is 453. The highest BCUT2D eigenvalue weighted by Crippen LogP contribution is 2.38. The van der Waals surface area contributed by atoms with Crippen molar-refractivity contribution in [3.05, 3.63) is 32.4 Å². The summed E-state index contributed by atoms with van der Waals surface area (Å²) in [5.41, 5.74) is -2.70. The van der Waals surface area contributed by atoms with E-state index in [0.29, 0.717) is 12.1 Å². The molecule has 1 rings (SSSR count). The molecule has 0 bridgehead atoms. The molecule has 0 radical (unpaired) electrons. The van der Waals surface area contributed by atoms with Crippen molar-refractivity contribution in [3.63, 3.8) is 0 Å². The minimum atomic E-state index is -4.86. The lowest BCUT2D eigenvalue weighted by molar-refractivity contribution is -0.139. The molecule has 0 atom stereocenters. The van der Waals surface area contributed by atoms with Gasteiger partial charge in [-0.2, -0.15) is 13.2 Å². The van der Waals surface area contributed by atoms with Crippen LogP contribution in [0.15, 0.2) is 12.1 Å². The number of rotatable bonds is 2. The third kappa shape index (κ3) is 3.14. The van der Waals surface area contributed by atoms with Gasteiger partial charge in [0, 0.05) is 14.7 Å². The lowest BCUT2D eigenvalue weighted by Gasteiger charge is -2.14. The average molecular weight is 364 g/mol. The first-order chi connectivity index (χ1) is 7.64. The zero-order chi connectivity index (χ0) is 13.4. The normalized spacial score (nSPS) is 12.0. The molecule has 0 saturated carbocycles. The van der Waals surface area contributed by atoms with Gasteiger partial charge in [0.15, 0.2) is 5.78 Å². The molecule has 0 N–H and O–H groups in total. The number of ketones is 1. The Labute approximate surface area is 107 Å². The summed E-state index contributed by atoms with van der Waals surface area (Å²) in [6.07, 6.45) is -8.14. The number of hydrogen-bond acceptors (Lipinski definition) is 1. The summed E-state index contributed by atoms with van der Waals surface area (Å²) in [4.78, 5) is 11.1. The molecule has 1 nitrogen and oxygen atoms in total. The fraction of sp³-hybridized carbons (Fsp3) is 0.300. The fourth-order valence-electron chi connectivity index (χ4n) is 1.29. The Hall–Kier alpha value is -0.730. The molecule has 0 aliphatic rings. The molecule has 0 spiro atoms. The van der Waals surface area contributed by atoms with Gasteiger partial charge in [0.05, 0.1) is 5.56 Å². The first kappa shape index (κ1) is 14.3. The maximum atomic E-state index is 12.5. The van der Waals surface area contributed by atoms with Crippen LogP contribution in [0.4, 0.5) is 22.0 Å². The van der Waals surface area contributed by atoms with Gasteiger partial charge in [0.25, 0.3) is 6.43 Å². The van der Waals surface area contributed by atoms with Crippen LogP contribution in [0.5, 0.6) is 0 Å². The summed E-state index contributed by atoms with van der Waals surface area (Å²) < 4.78 is 62.5. The van der Waals surface area contributed by atoms with Gasteiger partial charge in [-0.25, -0.2) is 8.78 Å². The third-order valence-corrected chi connectivity index (χ3v) is 2.95. The van der Waals surface area contributed by atoms with Crippen LogP contribution in [0, 0.1) is 3.57 Å². The smallest absolute Gasteiger partial charge is 0.294 e. The molecule has 0 aliphatic carbocycles. The molecule has 94 valence electrons. The van der Waals surface area contributed by atoms with E-state index in [-0.39, 0.29) is 9.13 Å². The number of halogens is 6. The van der Waals surface area contributed by atoms with Crippen LogP contribution in [0.2, 0.25) is 0 Å². The van der Waals surface area contributed by atoms with Gasteiger partial charge in [-0.05, 0) is 41.6 Å². The molecule has 0 aromatic heterocycles. The van der Waals surface area contributed by atoms with Gasteiger partial charge < -0.3 is 0 Å². The predicted octanol–water partition coefficient (Wildman–Crippen LogP) is 4.45. The lowest BCUT2D eigenvalue weighted by atomic mass is 10.0. The number of Topliss-reactive ketones (excluding diaryl/α,β-unsaturated/α-hetero) is 1. The summed E-state index contributed by atoms with van der Waals surface area (Å²) in [5, 5.41) is 0. The second kappa shape index (κ2) is 4.87. The Morgan fingerprint density at radius 2 is 1.82 bits per heavy atom. The zero-order valence-corrected chi connectivity index (χ0v) is 10.6. The van der Waals surface area contributed by atoms with E-state index in [1.54, 1.807) is 0 Å². The monoisotopic (exact) mass is 364 g/mol. The first-order valence-corrected chi connectivity index (χ1v) is 5.42. The van der Waals surface area contributed by atoms with Gasteiger partial charge in [-0.1, -0.05) is 0 Å². The molecule has 0 aliphatic heterocycles. The second-order valence-electron chi connectivity index (χ2n) is 3.27. The molecule has 0 amide bonds. The molecule has 0 fully saturated rings. The van der Waals surface area contributed by atoms with E-state index in [0.717, 1.165) is 6.92 Å². The summed E-state index contributed by atoms with van der Waals surface area (Å²) in [6, 6.07) is 1.18. The van der Waals surface area contributed by atoms with Gasteiger partial charge in [-0.15, -0.1) is 0 Å². The van der Waals surface area contributed by atoms with E-state index >= 15 is 0 Å². The van der Waals surface area contributed by atoms with Crippen molar-refractivity contribution in [2.75, 3.05) is 0 Å². The Balaban J connectivity index is 3.53. The highest BCUT2D eigenvalue weighted by Gasteiger charge is 2.36. The van der Waals surface area contributed by atoms with Crippen LogP contribution in [-0.2, 0) is 6.18 Å². The fourth-order valence-corrected chi connectivity index (χ4v) is 2.13. The van der Waals surface area contributed by atoms with E-state index in [1.165, 1.54) is 22.6 Å². The van der Waals surface area contributed by atoms with E-state index < -0.39 is 29.5 Å². The predicted molar refractivity (Wildman–Crippen MR) is 59.1 cm³/mol. The van der Waals surface area contributed by atoms with Crippen molar-refractivity contribution >= 4 is 28.4 Å². The van der Waals surface area contributed by atoms with Crippen molar-refractivity contribution in [3.8, 4) is 0 Å². The van der Waals surface area contributed by atoms with Gasteiger partial charge in [0.1, 0.15) is 0 Å². The standard InChI is InChI=1S/C10H6F5IO/c1-4(17)5-2-6(9(11)12)7(3-8(5)16)10(13,14)15/h2-3,9H,1H3. The molecule has 0 unspecified atom stereocenters. The van der Waals surface area contributed by atoms with Crippen molar-refractivity contribution in [2.24, 2.45) is 0 Å². The molecule has 17 heavy (non-hydrogen) atoms. The summed E-state index contributed by atoms with van der Waals surface area (Å²) >= 11 is 1.52. The van der Waals surface area contributed by atoms with Gasteiger partial charge >= 0.3 is 6.18 Å². The number of hydrogen-bond donors (Lipinski definition) is 0. The van der Waals surface area contributed by atoms with Crippen LogP contribution >= 0.6 is 22.6 Å². The molecular weight excluding hydrogens is 358 g/mol. The van der Waals surface area contributed by atoms with Crippen LogP contribution in [0.1, 0.15) is 34.8 Å². The minimum absolute atomic E-state index is 0.00632. The molecule has 0 heterocycles. The highest BCUT2D eigenvalue weighted by molar-refractivity contribution is 14.1. The van der Waals surface area contributed by atoms with Crippen LogP contribution in [0.25, 0.3) is 0 Å². The third-order valence-electron chi connectivity index (χ3n) is 2.06. The van der Waals surface area contributed by atoms with Crippen molar-refractivity contribution < 1.29 is 26.7 Å². The second-order valence-corrected chi connectivity index (χ2v) is 4.44. The zero-order valence-electron chi connectivity index (χ0n) is 8.41. The number of benzene rings is 1. The molecule has 1 aromatic rings. The van der Waals surface area contributed by atoms with Crippen molar-refractivity contribution in [1.82, 2.24) is 0 Å². The lowest BCUT2D eigenvalue weighted by Crippen LogP contribution is -2.12. The number of alkyl halides is 5. The molecule has 7 heteroatoms. The average Bonchev–Trinajstić information content (AvgIpc) is 2.14. The maximum absolute atomic E-state index is 12.5. The van der Waals surface area contributed by atoms with Crippen LogP contribution in [0.3, 0.4) is 0 Å². The van der Waals surface area contributed by atoms with E-state index in [4.69, 9.17) is 0 Å². The van der Waals surface area contributed by atoms with Gasteiger partial charge in [0.2, 0.25) is 0 Å². The maximum Gasteiger partial charge on any atom is 0.416 e. The quantitative estimate of drug-likeness (QED) is 0.431. The number of carbonyl (C=O) groups is 1. The molecule has 0 saturated heterocycles. The Morgan fingerprint density at radius 3 is 2.18 bits per heavy atom. The largest absolute Gasteiger partial charge is 0.416 e. The van der Waals surface area contributed by atoms with Crippen LogP contribution < -0.4 is 0 Å². The first-order valence-electron chi connectivity index (χ1n) is 4.34. The van der Waals surface area contributed by atoms with E-state index in [2.05, 4.69) is 0 Å². The van der Waals surface area contributed by atoms with E-state index in [9.17, 15) is 26.7 Å². The minimum Gasteiger partial charge on any atom is -0.294 e.